The largest absolute Gasteiger partial charge is 0.504 e. The van der Waals surface area contributed by atoms with Crippen molar-refractivity contribution >= 4 is 5.91 Å². The fourth-order valence-electron chi connectivity index (χ4n) is 1.91. The van der Waals surface area contributed by atoms with Gasteiger partial charge >= 0.3 is 0 Å². The third kappa shape index (κ3) is 4.42. The van der Waals surface area contributed by atoms with Crippen molar-refractivity contribution in [3.8, 4) is 11.5 Å². The molecule has 0 bridgehead atoms. The zero-order valence-corrected chi connectivity index (χ0v) is 12.7. The Morgan fingerprint density at radius 1 is 1.25 bits per heavy atom. The van der Waals surface area contributed by atoms with Crippen molar-refractivity contribution < 1.29 is 14.6 Å². The van der Waals surface area contributed by atoms with Gasteiger partial charge in [-0.1, -0.05) is 6.92 Å². The molecule has 112 valence electrons. The number of rotatable bonds is 7. The zero-order chi connectivity index (χ0) is 15.1. The van der Waals surface area contributed by atoms with Crippen molar-refractivity contribution in [1.82, 2.24) is 9.80 Å². The van der Waals surface area contributed by atoms with Gasteiger partial charge in [-0.3, -0.25) is 4.79 Å². The first-order valence-electron chi connectivity index (χ1n) is 6.80. The Kier molecular flexibility index (Phi) is 6.31. The highest BCUT2D eigenvalue weighted by atomic mass is 16.5. The van der Waals surface area contributed by atoms with E-state index in [1.807, 2.05) is 25.9 Å². The molecule has 1 aromatic rings. The first kappa shape index (κ1) is 16.3. The highest BCUT2D eigenvalue weighted by Crippen LogP contribution is 2.26. The number of phenolic OH excluding ortho intramolecular Hbond substituents is 1. The van der Waals surface area contributed by atoms with Gasteiger partial charge in [0.1, 0.15) is 0 Å². The third-order valence-corrected chi connectivity index (χ3v) is 3.02. The molecule has 0 atom stereocenters. The van der Waals surface area contributed by atoms with Crippen LogP contribution in [-0.2, 0) is 0 Å². The molecule has 0 heterocycles. The van der Waals surface area contributed by atoms with Crippen molar-refractivity contribution in [2.75, 3.05) is 40.8 Å². The summed E-state index contributed by atoms with van der Waals surface area (Å²) in [6, 6.07) is 4.75. The number of ether oxygens (including phenoxy) is 1. The lowest BCUT2D eigenvalue weighted by molar-refractivity contribution is 0.0744. The Bertz CT molecular complexity index is 447. The van der Waals surface area contributed by atoms with Crippen LogP contribution in [0.25, 0.3) is 0 Å². The summed E-state index contributed by atoms with van der Waals surface area (Å²) in [6.45, 7) is 4.24. The van der Waals surface area contributed by atoms with Gasteiger partial charge in [0, 0.05) is 25.2 Å². The van der Waals surface area contributed by atoms with Gasteiger partial charge in [0.25, 0.3) is 5.91 Å². The maximum atomic E-state index is 12.5. The quantitative estimate of drug-likeness (QED) is 0.827. The van der Waals surface area contributed by atoms with E-state index in [0.29, 0.717) is 24.4 Å². The number of amides is 1. The number of phenols is 1. The van der Waals surface area contributed by atoms with E-state index >= 15 is 0 Å². The van der Waals surface area contributed by atoms with E-state index in [4.69, 9.17) is 4.74 Å². The van der Waals surface area contributed by atoms with Crippen LogP contribution in [-0.4, -0.2) is 61.7 Å². The summed E-state index contributed by atoms with van der Waals surface area (Å²) in [5.74, 6) is 0.297. The van der Waals surface area contributed by atoms with Crippen LogP contribution in [0.2, 0.25) is 0 Å². The SMILES string of the molecule is CCCN(CCN(C)C)C(=O)c1ccc(OC)c(O)c1. The zero-order valence-electron chi connectivity index (χ0n) is 12.7. The molecule has 1 rings (SSSR count). The lowest BCUT2D eigenvalue weighted by atomic mass is 10.1. The van der Waals surface area contributed by atoms with Crippen molar-refractivity contribution in [2.24, 2.45) is 0 Å². The van der Waals surface area contributed by atoms with Gasteiger partial charge in [-0.2, -0.15) is 0 Å². The van der Waals surface area contributed by atoms with Crippen LogP contribution in [0, 0.1) is 0 Å². The molecule has 0 saturated heterocycles. The third-order valence-electron chi connectivity index (χ3n) is 3.02. The monoisotopic (exact) mass is 280 g/mol. The minimum Gasteiger partial charge on any atom is -0.504 e. The van der Waals surface area contributed by atoms with Crippen LogP contribution >= 0.6 is 0 Å². The van der Waals surface area contributed by atoms with Crippen molar-refractivity contribution in [3.05, 3.63) is 23.8 Å². The minimum absolute atomic E-state index is 0.0117. The molecule has 20 heavy (non-hydrogen) atoms. The lowest BCUT2D eigenvalue weighted by Crippen LogP contribution is -2.37. The predicted molar refractivity (Wildman–Crippen MR) is 79.4 cm³/mol. The molecule has 0 spiro atoms. The molecule has 0 aliphatic heterocycles. The Morgan fingerprint density at radius 2 is 1.95 bits per heavy atom. The number of carbonyl (C=O) groups is 1. The number of nitrogens with zero attached hydrogens (tertiary/aromatic N) is 2. The second-order valence-corrected chi connectivity index (χ2v) is 4.98. The molecule has 5 nitrogen and oxygen atoms in total. The van der Waals surface area contributed by atoms with Gasteiger partial charge in [0.05, 0.1) is 7.11 Å². The molecule has 1 amide bonds. The van der Waals surface area contributed by atoms with Crippen molar-refractivity contribution in [2.45, 2.75) is 13.3 Å². The second-order valence-electron chi connectivity index (χ2n) is 4.98. The lowest BCUT2D eigenvalue weighted by Gasteiger charge is -2.24. The van der Waals surface area contributed by atoms with Crippen LogP contribution in [0.15, 0.2) is 18.2 Å². The maximum Gasteiger partial charge on any atom is 0.254 e. The maximum absolute atomic E-state index is 12.5. The van der Waals surface area contributed by atoms with Crippen LogP contribution in [0.5, 0.6) is 11.5 Å². The van der Waals surface area contributed by atoms with Gasteiger partial charge in [-0.15, -0.1) is 0 Å². The molecule has 0 saturated carbocycles. The Balaban J connectivity index is 2.85. The second kappa shape index (κ2) is 7.75. The molecule has 1 aromatic carbocycles. The van der Waals surface area contributed by atoms with E-state index in [0.717, 1.165) is 13.0 Å². The molecule has 0 unspecified atom stereocenters. The smallest absolute Gasteiger partial charge is 0.254 e. The summed E-state index contributed by atoms with van der Waals surface area (Å²) in [5.41, 5.74) is 0.482. The van der Waals surface area contributed by atoms with E-state index in [-0.39, 0.29) is 11.7 Å². The van der Waals surface area contributed by atoms with Crippen LogP contribution < -0.4 is 4.74 Å². The van der Waals surface area contributed by atoms with Gasteiger partial charge in [-0.05, 0) is 38.7 Å². The predicted octanol–water partition coefficient (Wildman–Crippen LogP) is 1.81. The molecule has 0 radical (unpaired) electrons. The molecule has 0 aliphatic rings. The minimum atomic E-state index is -0.0633. The van der Waals surface area contributed by atoms with Crippen LogP contribution in [0.4, 0.5) is 0 Å². The summed E-state index contributed by atoms with van der Waals surface area (Å²) in [6.07, 6.45) is 0.904. The van der Waals surface area contributed by atoms with Crippen LogP contribution in [0.3, 0.4) is 0 Å². The molecule has 0 aliphatic carbocycles. The highest BCUT2D eigenvalue weighted by molar-refractivity contribution is 5.94. The number of benzene rings is 1. The summed E-state index contributed by atoms with van der Waals surface area (Å²) in [5, 5.41) is 9.77. The number of likely N-dealkylation sites (N-methyl/N-ethyl adjacent to an activating group) is 1. The number of carbonyl (C=O) groups excluding carboxylic acids is 1. The molecular formula is C15H24N2O3. The Hall–Kier alpha value is -1.75. The van der Waals surface area contributed by atoms with Gasteiger partial charge in [-0.25, -0.2) is 0 Å². The first-order valence-corrected chi connectivity index (χ1v) is 6.80. The summed E-state index contributed by atoms with van der Waals surface area (Å²) < 4.78 is 4.99. The highest BCUT2D eigenvalue weighted by Gasteiger charge is 2.16. The number of methoxy groups -OCH3 is 1. The van der Waals surface area contributed by atoms with Gasteiger partial charge in [0.2, 0.25) is 0 Å². The number of hydrogen-bond acceptors (Lipinski definition) is 4. The normalized spacial score (nSPS) is 10.7. The van der Waals surface area contributed by atoms with Crippen molar-refractivity contribution in [3.63, 3.8) is 0 Å². The van der Waals surface area contributed by atoms with E-state index in [2.05, 4.69) is 0 Å². The summed E-state index contributed by atoms with van der Waals surface area (Å²) in [7, 11) is 5.44. The van der Waals surface area contributed by atoms with Crippen LogP contribution in [0.1, 0.15) is 23.7 Å². The molecule has 0 fully saturated rings. The number of aromatic hydroxyl groups is 1. The molecule has 1 N–H and O–H groups in total. The average Bonchev–Trinajstić information content (AvgIpc) is 2.42. The van der Waals surface area contributed by atoms with Gasteiger partial charge in [0.15, 0.2) is 11.5 Å². The molecule has 5 heteroatoms. The topological polar surface area (TPSA) is 53.0 Å². The Morgan fingerprint density at radius 3 is 2.45 bits per heavy atom. The first-order chi connectivity index (χ1) is 9.49. The van der Waals surface area contributed by atoms with E-state index in [1.54, 1.807) is 17.0 Å². The van der Waals surface area contributed by atoms with Crippen molar-refractivity contribution in [1.29, 1.82) is 0 Å². The fraction of sp³-hybridized carbons (Fsp3) is 0.533. The van der Waals surface area contributed by atoms with E-state index < -0.39 is 0 Å². The Labute approximate surface area is 120 Å². The molecule has 0 aromatic heterocycles. The average molecular weight is 280 g/mol. The summed E-state index contributed by atoms with van der Waals surface area (Å²) in [4.78, 5) is 16.3. The van der Waals surface area contributed by atoms with E-state index in [9.17, 15) is 9.90 Å². The standard InChI is InChI=1S/C15H24N2O3/c1-5-8-17(10-9-16(2)3)15(19)12-6-7-14(20-4)13(18)11-12/h6-7,11,18H,5,8-10H2,1-4H3. The van der Waals surface area contributed by atoms with Gasteiger partial charge < -0.3 is 19.6 Å². The fourth-order valence-corrected chi connectivity index (χ4v) is 1.91. The summed E-state index contributed by atoms with van der Waals surface area (Å²) >= 11 is 0. The molecular weight excluding hydrogens is 256 g/mol. The number of hydrogen-bond donors (Lipinski definition) is 1. The van der Waals surface area contributed by atoms with E-state index in [1.165, 1.54) is 13.2 Å².